The van der Waals surface area contributed by atoms with Crippen molar-refractivity contribution in [3.05, 3.63) is 34.9 Å². The smallest absolute Gasteiger partial charge is 0.328 e. The molecular weight excluding hydrogens is 266 g/mol. The summed E-state index contributed by atoms with van der Waals surface area (Å²) >= 11 is 5.95. The average Bonchev–Trinajstić information content (AvgIpc) is 2.36. The zero-order valence-electron chi connectivity index (χ0n) is 11.3. The van der Waals surface area contributed by atoms with Crippen molar-refractivity contribution in [1.82, 2.24) is 5.32 Å². The van der Waals surface area contributed by atoms with Crippen molar-refractivity contribution in [2.24, 2.45) is 5.92 Å². The first kappa shape index (κ1) is 15.5. The van der Waals surface area contributed by atoms with Crippen LogP contribution in [-0.4, -0.2) is 24.5 Å². The molecule has 0 aliphatic heterocycles. The van der Waals surface area contributed by atoms with E-state index in [4.69, 9.17) is 16.3 Å². The molecule has 1 amide bonds. The van der Waals surface area contributed by atoms with Crippen LogP contribution in [0, 0.1) is 5.92 Å². The number of amides is 1. The van der Waals surface area contributed by atoms with Gasteiger partial charge in [-0.1, -0.05) is 37.6 Å². The number of hydrogen-bond acceptors (Lipinski definition) is 3. The van der Waals surface area contributed by atoms with E-state index in [1.54, 1.807) is 31.2 Å². The summed E-state index contributed by atoms with van der Waals surface area (Å²) in [5.41, 5.74) is 0.346. The molecule has 0 aromatic heterocycles. The highest BCUT2D eigenvalue weighted by molar-refractivity contribution is 6.33. The predicted octanol–water partition coefficient (Wildman–Crippen LogP) is 2.66. The Bertz CT molecular complexity index is 460. The number of benzene rings is 1. The molecule has 0 fully saturated rings. The molecule has 0 unspecified atom stereocenters. The normalized spacial score (nSPS) is 12.1. The van der Waals surface area contributed by atoms with E-state index in [0.717, 1.165) is 0 Å². The maximum atomic E-state index is 12.1. The van der Waals surface area contributed by atoms with Crippen molar-refractivity contribution in [2.45, 2.75) is 26.8 Å². The van der Waals surface area contributed by atoms with Gasteiger partial charge >= 0.3 is 5.97 Å². The lowest BCUT2D eigenvalue weighted by Gasteiger charge is -2.20. The molecule has 1 rings (SSSR count). The van der Waals surface area contributed by atoms with Crippen molar-refractivity contribution in [3.63, 3.8) is 0 Å². The lowest BCUT2D eigenvalue weighted by Crippen LogP contribution is -2.45. The van der Waals surface area contributed by atoms with Crippen LogP contribution in [0.25, 0.3) is 0 Å². The second-order valence-corrected chi connectivity index (χ2v) is 4.83. The van der Waals surface area contributed by atoms with E-state index in [9.17, 15) is 9.59 Å². The number of nitrogens with one attached hydrogen (secondary N) is 1. The topological polar surface area (TPSA) is 55.4 Å². The molecule has 0 aliphatic rings. The minimum Gasteiger partial charge on any atom is -0.464 e. The molecule has 1 aromatic rings. The standard InChI is InChI=1S/C14H18ClNO3/c1-4-19-14(18)12(9(2)3)16-13(17)10-7-5-6-8-11(10)15/h5-9,12H,4H2,1-3H3,(H,16,17)/t12-/m0/s1. The SMILES string of the molecule is CCOC(=O)[C@@H](NC(=O)c1ccccc1Cl)C(C)C. The van der Waals surface area contributed by atoms with Gasteiger partial charge in [-0.05, 0) is 25.0 Å². The van der Waals surface area contributed by atoms with E-state index < -0.39 is 12.0 Å². The number of halogens is 1. The minimum atomic E-state index is -0.677. The molecule has 104 valence electrons. The van der Waals surface area contributed by atoms with Crippen LogP contribution in [0.15, 0.2) is 24.3 Å². The summed E-state index contributed by atoms with van der Waals surface area (Å²) in [4.78, 5) is 23.9. The van der Waals surface area contributed by atoms with Crippen LogP contribution < -0.4 is 5.32 Å². The number of carbonyl (C=O) groups is 2. The lowest BCUT2D eigenvalue weighted by molar-refractivity contribution is -0.146. The average molecular weight is 284 g/mol. The van der Waals surface area contributed by atoms with Gasteiger partial charge in [0.25, 0.3) is 5.91 Å². The second-order valence-electron chi connectivity index (χ2n) is 4.43. The third kappa shape index (κ3) is 4.24. The first-order valence-corrected chi connectivity index (χ1v) is 6.57. The molecule has 0 bridgehead atoms. The van der Waals surface area contributed by atoms with E-state index >= 15 is 0 Å². The highest BCUT2D eigenvalue weighted by atomic mass is 35.5. The molecule has 19 heavy (non-hydrogen) atoms. The van der Waals surface area contributed by atoms with Gasteiger partial charge in [0.2, 0.25) is 0 Å². The highest BCUT2D eigenvalue weighted by Crippen LogP contribution is 2.15. The molecule has 5 heteroatoms. The monoisotopic (exact) mass is 283 g/mol. The van der Waals surface area contributed by atoms with Gasteiger partial charge in [-0.2, -0.15) is 0 Å². The first-order valence-electron chi connectivity index (χ1n) is 6.19. The number of hydrogen-bond donors (Lipinski definition) is 1. The summed E-state index contributed by atoms with van der Waals surface area (Å²) in [7, 11) is 0. The molecule has 0 heterocycles. The zero-order valence-corrected chi connectivity index (χ0v) is 12.0. The minimum absolute atomic E-state index is 0.0644. The van der Waals surface area contributed by atoms with E-state index in [2.05, 4.69) is 5.32 Å². The summed E-state index contributed by atoms with van der Waals surface area (Å²) in [5.74, 6) is -0.874. The third-order valence-electron chi connectivity index (χ3n) is 2.61. The molecular formula is C14H18ClNO3. The van der Waals surface area contributed by atoms with Crippen LogP contribution in [-0.2, 0) is 9.53 Å². The molecule has 0 aliphatic carbocycles. The quantitative estimate of drug-likeness (QED) is 0.845. The van der Waals surface area contributed by atoms with Crippen molar-refractivity contribution in [2.75, 3.05) is 6.61 Å². The van der Waals surface area contributed by atoms with Gasteiger partial charge in [-0.25, -0.2) is 4.79 Å². The van der Waals surface area contributed by atoms with Gasteiger partial charge in [-0.3, -0.25) is 4.79 Å². The van der Waals surface area contributed by atoms with Crippen LogP contribution >= 0.6 is 11.6 Å². The van der Waals surface area contributed by atoms with Gasteiger partial charge in [0.1, 0.15) is 6.04 Å². The molecule has 1 aromatic carbocycles. The van der Waals surface area contributed by atoms with Crippen molar-refractivity contribution >= 4 is 23.5 Å². The van der Waals surface area contributed by atoms with Gasteiger partial charge < -0.3 is 10.1 Å². The number of carbonyl (C=O) groups excluding carboxylic acids is 2. The highest BCUT2D eigenvalue weighted by Gasteiger charge is 2.26. The molecule has 0 saturated carbocycles. The summed E-state index contributed by atoms with van der Waals surface area (Å²) in [6.07, 6.45) is 0. The summed E-state index contributed by atoms with van der Waals surface area (Å²) in [6, 6.07) is 6.02. The van der Waals surface area contributed by atoms with Crippen LogP contribution in [0.2, 0.25) is 5.02 Å². The Morgan fingerprint density at radius 2 is 1.95 bits per heavy atom. The van der Waals surface area contributed by atoms with Gasteiger partial charge in [0.05, 0.1) is 17.2 Å². The lowest BCUT2D eigenvalue weighted by atomic mass is 10.0. The summed E-state index contributed by atoms with van der Waals surface area (Å²) in [6.45, 7) is 5.69. The second kappa shape index (κ2) is 7.14. The molecule has 1 N–H and O–H groups in total. The van der Waals surface area contributed by atoms with Crippen molar-refractivity contribution in [3.8, 4) is 0 Å². The van der Waals surface area contributed by atoms with Crippen molar-refractivity contribution < 1.29 is 14.3 Å². The van der Waals surface area contributed by atoms with E-state index in [-0.39, 0.29) is 18.4 Å². The Morgan fingerprint density at radius 1 is 1.32 bits per heavy atom. The van der Waals surface area contributed by atoms with E-state index in [1.807, 2.05) is 13.8 Å². The Hall–Kier alpha value is -1.55. The van der Waals surface area contributed by atoms with Crippen LogP contribution in [0.3, 0.4) is 0 Å². The third-order valence-corrected chi connectivity index (χ3v) is 2.94. The van der Waals surface area contributed by atoms with E-state index in [0.29, 0.717) is 10.6 Å². The first-order chi connectivity index (χ1) is 8.97. The van der Waals surface area contributed by atoms with Crippen LogP contribution in [0.5, 0.6) is 0 Å². The Morgan fingerprint density at radius 3 is 2.47 bits per heavy atom. The number of esters is 1. The fraction of sp³-hybridized carbons (Fsp3) is 0.429. The molecule has 1 atom stereocenters. The molecule has 0 saturated heterocycles. The van der Waals surface area contributed by atoms with Gasteiger partial charge in [0.15, 0.2) is 0 Å². The van der Waals surface area contributed by atoms with Gasteiger partial charge in [-0.15, -0.1) is 0 Å². The maximum Gasteiger partial charge on any atom is 0.328 e. The molecule has 0 spiro atoms. The van der Waals surface area contributed by atoms with E-state index in [1.165, 1.54) is 0 Å². The molecule has 4 nitrogen and oxygen atoms in total. The Labute approximate surface area is 118 Å². The fourth-order valence-corrected chi connectivity index (χ4v) is 1.82. The Balaban J connectivity index is 2.83. The fourth-order valence-electron chi connectivity index (χ4n) is 1.59. The number of rotatable bonds is 5. The summed E-state index contributed by atoms with van der Waals surface area (Å²) < 4.78 is 4.95. The van der Waals surface area contributed by atoms with Crippen LogP contribution in [0.1, 0.15) is 31.1 Å². The number of ether oxygens (including phenoxy) is 1. The van der Waals surface area contributed by atoms with Gasteiger partial charge in [0, 0.05) is 0 Å². The molecule has 0 radical (unpaired) electrons. The Kier molecular flexibility index (Phi) is 5.83. The largest absolute Gasteiger partial charge is 0.464 e. The van der Waals surface area contributed by atoms with Crippen LogP contribution in [0.4, 0.5) is 0 Å². The summed E-state index contributed by atoms with van der Waals surface area (Å²) in [5, 5.41) is 3.01. The van der Waals surface area contributed by atoms with Crippen molar-refractivity contribution in [1.29, 1.82) is 0 Å². The maximum absolute atomic E-state index is 12.1. The zero-order chi connectivity index (χ0) is 14.4. The predicted molar refractivity (Wildman–Crippen MR) is 74.2 cm³/mol.